The van der Waals surface area contributed by atoms with E-state index in [-0.39, 0.29) is 5.91 Å². The van der Waals surface area contributed by atoms with Gasteiger partial charge in [0.25, 0.3) is 5.91 Å². The summed E-state index contributed by atoms with van der Waals surface area (Å²) in [5.74, 6) is 0.264. The van der Waals surface area contributed by atoms with Crippen LogP contribution in [0, 0.1) is 6.92 Å². The largest absolute Gasteiger partial charge is 0.355 e. The predicted molar refractivity (Wildman–Crippen MR) is 104 cm³/mol. The number of piperidine rings is 1. The Morgan fingerprint density at radius 3 is 2.96 bits per heavy atom. The van der Waals surface area contributed by atoms with Gasteiger partial charge in [-0.15, -0.1) is 0 Å². The third kappa shape index (κ3) is 4.27. The minimum Gasteiger partial charge on any atom is -0.355 e. The molecular weight excluding hydrogens is 350 g/mol. The van der Waals surface area contributed by atoms with Gasteiger partial charge in [0.05, 0.1) is 10.7 Å². The third-order valence-corrected chi connectivity index (χ3v) is 5.39. The lowest BCUT2D eigenvalue weighted by atomic mass is 10.0. The standard InChI is InChI=1S/C20H26ClN3O2/c1-14-8-5-6-12-24(14)13-7-11-22-20(25)18-15(2)23-26-19(18)16-9-3-4-10-17(16)21/h3-4,9-10,14H,5-8,11-13H2,1-2H3,(H,22,25). The molecule has 2 heterocycles. The van der Waals surface area contributed by atoms with Gasteiger partial charge in [0.2, 0.25) is 0 Å². The summed E-state index contributed by atoms with van der Waals surface area (Å²) in [4.78, 5) is 15.2. The first-order valence-electron chi connectivity index (χ1n) is 9.31. The van der Waals surface area contributed by atoms with E-state index in [2.05, 4.69) is 22.3 Å². The van der Waals surface area contributed by atoms with Gasteiger partial charge in [-0.2, -0.15) is 0 Å². The van der Waals surface area contributed by atoms with E-state index in [9.17, 15) is 4.79 Å². The van der Waals surface area contributed by atoms with Gasteiger partial charge in [-0.05, 0) is 51.8 Å². The number of likely N-dealkylation sites (tertiary alicyclic amines) is 1. The smallest absolute Gasteiger partial charge is 0.257 e. The van der Waals surface area contributed by atoms with Crippen molar-refractivity contribution in [2.45, 2.75) is 45.6 Å². The monoisotopic (exact) mass is 375 g/mol. The van der Waals surface area contributed by atoms with E-state index in [0.29, 0.717) is 40.2 Å². The lowest BCUT2D eigenvalue weighted by Crippen LogP contribution is -2.39. The van der Waals surface area contributed by atoms with Crippen LogP contribution < -0.4 is 5.32 Å². The van der Waals surface area contributed by atoms with Crippen molar-refractivity contribution in [2.24, 2.45) is 0 Å². The maximum Gasteiger partial charge on any atom is 0.257 e. The van der Waals surface area contributed by atoms with E-state index in [4.69, 9.17) is 16.1 Å². The summed E-state index contributed by atoms with van der Waals surface area (Å²) in [7, 11) is 0. The lowest BCUT2D eigenvalue weighted by Gasteiger charge is -2.33. The van der Waals surface area contributed by atoms with Crippen LogP contribution in [0.4, 0.5) is 0 Å². The number of rotatable bonds is 6. The first-order valence-corrected chi connectivity index (χ1v) is 9.69. The number of nitrogens with zero attached hydrogens (tertiary/aromatic N) is 2. The Hall–Kier alpha value is -1.85. The minimum absolute atomic E-state index is 0.162. The highest BCUT2D eigenvalue weighted by Crippen LogP contribution is 2.31. The van der Waals surface area contributed by atoms with Crippen LogP contribution >= 0.6 is 11.6 Å². The molecule has 0 bridgehead atoms. The number of aryl methyl sites for hydroxylation is 1. The van der Waals surface area contributed by atoms with Crippen molar-refractivity contribution in [3.63, 3.8) is 0 Å². The average Bonchev–Trinajstić information content (AvgIpc) is 3.02. The Labute approximate surface area is 159 Å². The fourth-order valence-corrected chi connectivity index (χ4v) is 3.75. The molecule has 1 aliphatic heterocycles. The molecule has 2 aromatic rings. The number of halogens is 1. The SMILES string of the molecule is Cc1noc(-c2ccccc2Cl)c1C(=O)NCCCN1CCCCC1C. The number of hydrogen-bond acceptors (Lipinski definition) is 4. The topological polar surface area (TPSA) is 58.4 Å². The quantitative estimate of drug-likeness (QED) is 0.765. The van der Waals surface area contributed by atoms with Gasteiger partial charge in [-0.25, -0.2) is 0 Å². The molecule has 0 radical (unpaired) electrons. The molecule has 0 spiro atoms. The van der Waals surface area contributed by atoms with E-state index in [1.165, 1.54) is 19.3 Å². The van der Waals surface area contributed by atoms with Gasteiger partial charge in [-0.1, -0.05) is 35.3 Å². The van der Waals surface area contributed by atoms with Crippen LogP contribution in [0.25, 0.3) is 11.3 Å². The highest BCUT2D eigenvalue weighted by Gasteiger charge is 2.23. The Morgan fingerprint density at radius 2 is 2.19 bits per heavy atom. The zero-order valence-corrected chi connectivity index (χ0v) is 16.2. The maximum absolute atomic E-state index is 12.7. The van der Waals surface area contributed by atoms with Crippen LogP contribution in [0.2, 0.25) is 5.02 Å². The van der Waals surface area contributed by atoms with Crippen LogP contribution in [-0.4, -0.2) is 41.6 Å². The van der Waals surface area contributed by atoms with Crippen molar-refractivity contribution in [1.82, 2.24) is 15.4 Å². The van der Waals surface area contributed by atoms with E-state index in [0.717, 1.165) is 19.5 Å². The van der Waals surface area contributed by atoms with E-state index in [1.807, 2.05) is 18.2 Å². The van der Waals surface area contributed by atoms with Crippen LogP contribution in [0.3, 0.4) is 0 Å². The van der Waals surface area contributed by atoms with E-state index >= 15 is 0 Å². The number of carbonyl (C=O) groups is 1. The lowest BCUT2D eigenvalue weighted by molar-refractivity contribution is 0.0948. The van der Waals surface area contributed by atoms with Gasteiger partial charge in [0.15, 0.2) is 5.76 Å². The summed E-state index contributed by atoms with van der Waals surface area (Å²) in [6.45, 7) is 6.87. The molecule has 3 rings (SSSR count). The van der Waals surface area contributed by atoms with Crippen LogP contribution in [-0.2, 0) is 0 Å². The molecule has 1 unspecified atom stereocenters. The molecule has 1 amide bonds. The fraction of sp³-hybridized carbons (Fsp3) is 0.500. The summed E-state index contributed by atoms with van der Waals surface area (Å²) in [6.07, 6.45) is 4.80. The second kappa shape index (κ2) is 8.69. The van der Waals surface area contributed by atoms with E-state index in [1.54, 1.807) is 13.0 Å². The molecule has 1 N–H and O–H groups in total. The minimum atomic E-state index is -0.162. The molecule has 1 atom stereocenters. The zero-order valence-electron chi connectivity index (χ0n) is 15.4. The summed E-state index contributed by atoms with van der Waals surface area (Å²) in [5, 5.41) is 7.50. The summed E-state index contributed by atoms with van der Waals surface area (Å²) in [5.41, 5.74) is 1.72. The van der Waals surface area contributed by atoms with E-state index < -0.39 is 0 Å². The summed E-state index contributed by atoms with van der Waals surface area (Å²) >= 11 is 6.25. The van der Waals surface area contributed by atoms with Crippen LogP contribution in [0.15, 0.2) is 28.8 Å². The van der Waals surface area contributed by atoms with Gasteiger partial charge in [0, 0.05) is 24.7 Å². The fourth-order valence-electron chi connectivity index (χ4n) is 3.53. The Bertz CT molecular complexity index is 759. The number of nitrogens with one attached hydrogen (secondary N) is 1. The van der Waals surface area contributed by atoms with Crippen molar-refractivity contribution < 1.29 is 9.32 Å². The molecule has 5 nitrogen and oxygen atoms in total. The normalized spacial score (nSPS) is 18.0. The number of amides is 1. The number of aromatic nitrogens is 1. The second-order valence-corrected chi connectivity index (χ2v) is 7.35. The molecule has 1 aliphatic rings. The zero-order chi connectivity index (χ0) is 18.5. The molecule has 1 aromatic carbocycles. The Kier molecular flexibility index (Phi) is 6.33. The number of hydrogen-bond donors (Lipinski definition) is 1. The first-order chi connectivity index (χ1) is 12.6. The predicted octanol–water partition coefficient (Wildman–Crippen LogP) is 4.30. The van der Waals surface area contributed by atoms with Crippen LogP contribution in [0.5, 0.6) is 0 Å². The Morgan fingerprint density at radius 1 is 1.38 bits per heavy atom. The van der Waals surface area contributed by atoms with Crippen molar-refractivity contribution in [3.8, 4) is 11.3 Å². The molecule has 1 saturated heterocycles. The van der Waals surface area contributed by atoms with Gasteiger partial charge < -0.3 is 14.7 Å². The summed E-state index contributed by atoms with van der Waals surface area (Å²) in [6, 6.07) is 7.95. The van der Waals surface area contributed by atoms with Gasteiger partial charge in [0.1, 0.15) is 5.56 Å². The van der Waals surface area contributed by atoms with Crippen molar-refractivity contribution in [2.75, 3.05) is 19.6 Å². The maximum atomic E-state index is 12.7. The van der Waals surface area contributed by atoms with Crippen molar-refractivity contribution >= 4 is 17.5 Å². The molecule has 0 saturated carbocycles. The molecule has 6 heteroatoms. The number of carbonyl (C=O) groups excluding carboxylic acids is 1. The molecule has 1 aromatic heterocycles. The average molecular weight is 376 g/mol. The van der Waals surface area contributed by atoms with Crippen molar-refractivity contribution in [3.05, 3.63) is 40.5 Å². The molecular formula is C20H26ClN3O2. The number of benzene rings is 1. The summed E-state index contributed by atoms with van der Waals surface area (Å²) < 4.78 is 5.40. The van der Waals surface area contributed by atoms with Gasteiger partial charge in [-0.3, -0.25) is 4.79 Å². The molecule has 26 heavy (non-hydrogen) atoms. The van der Waals surface area contributed by atoms with Crippen LogP contribution in [0.1, 0.15) is 48.7 Å². The second-order valence-electron chi connectivity index (χ2n) is 6.94. The molecule has 140 valence electrons. The van der Waals surface area contributed by atoms with Gasteiger partial charge >= 0.3 is 0 Å². The highest BCUT2D eigenvalue weighted by molar-refractivity contribution is 6.33. The third-order valence-electron chi connectivity index (χ3n) is 5.06. The first kappa shape index (κ1) is 18.9. The Balaban J connectivity index is 1.60. The molecule has 0 aliphatic carbocycles. The van der Waals surface area contributed by atoms with Crippen molar-refractivity contribution in [1.29, 1.82) is 0 Å². The molecule has 1 fully saturated rings. The highest BCUT2D eigenvalue weighted by atomic mass is 35.5.